The maximum atomic E-state index is 2.50. The van der Waals surface area contributed by atoms with Gasteiger partial charge in [0.2, 0.25) is 0 Å². The number of rotatable bonds is 0. The molecule has 0 unspecified atom stereocenters. The van der Waals surface area contributed by atoms with Gasteiger partial charge in [-0.1, -0.05) is 0 Å². The molecular weight excluding hydrogens is 93.0 g/mol. The molecule has 0 aliphatic carbocycles. The molecule has 1 nitrogen and oxygen atoms in total. The van der Waals surface area contributed by atoms with Crippen molar-refractivity contribution in [1.82, 2.24) is 4.67 Å². The summed E-state index contributed by atoms with van der Waals surface area (Å²) in [6.45, 7) is 2.76. The molecule has 0 atom stereocenters. The molecule has 0 aromatic carbocycles. The van der Waals surface area contributed by atoms with Gasteiger partial charge in [0.15, 0.2) is 0 Å². The summed E-state index contributed by atoms with van der Waals surface area (Å²) in [5.74, 6) is 0. The maximum absolute atomic E-state index is 2.50. The first-order valence-electron chi connectivity index (χ1n) is 2.58. The first kappa shape index (κ1) is 4.55. The quantitative estimate of drug-likeness (QED) is 0.401. The van der Waals surface area contributed by atoms with Crippen LogP contribution < -0.4 is 0 Å². The molecule has 0 radical (unpaired) electrons. The van der Waals surface area contributed by atoms with Crippen LogP contribution in [-0.2, 0) is 0 Å². The molecule has 0 amide bonds. The third-order valence-corrected chi connectivity index (χ3v) is 2.22. The zero-order chi connectivity index (χ0) is 4.41. The minimum absolute atomic E-state index is 1.29. The van der Waals surface area contributed by atoms with Crippen molar-refractivity contribution in [3.05, 3.63) is 0 Å². The SMILES string of the molecule is [PH4]N1CCCC1. The Kier molecular flexibility index (Phi) is 1.44. The fourth-order valence-electron chi connectivity index (χ4n) is 0.875. The van der Waals surface area contributed by atoms with E-state index in [0.717, 1.165) is 0 Å². The van der Waals surface area contributed by atoms with Gasteiger partial charge < -0.3 is 0 Å². The summed E-state index contributed by atoms with van der Waals surface area (Å²) in [6, 6.07) is 0. The van der Waals surface area contributed by atoms with Crippen molar-refractivity contribution in [3.63, 3.8) is 0 Å². The van der Waals surface area contributed by atoms with Crippen LogP contribution in [0.15, 0.2) is 0 Å². The predicted octanol–water partition coefficient (Wildman–Crippen LogP) is 0.337. The summed E-state index contributed by atoms with van der Waals surface area (Å²) in [5, 5.41) is 0. The molecule has 1 fully saturated rings. The summed E-state index contributed by atoms with van der Waals surface area (Å²) < 4.78 is 2.50. The van der Waals surface area contributed by atoms with Crippen LogP contribution in [0, 0.1) is 0 Å². The second kappa shape index (κ2) is 1.90. The number of hydrogen-bond acceptors (Lipinski definition) is 1. The van der Waals surface area contributed by atoms with E-state index in [1.165, 1.54) is 35.3 Å². The average molecular weight is 105 g/mol. The van der Waals surface area contributed by atoms with E-state index >= 15 is 0 Å². The minimum atomic E-state index is 1.29. The van der Waals surface area contributed by atoms with Crippen molar-refractivity contribution in [2.75, 3.05) is 13.1 Å². The Bertz CT molecular complexity index is 40.8. The van der Waals surface area contributed by atoms with E-state index in [-0.39, 0.29) is 0 Å². The average Bonchev–Trinajstić information content (AvgIpc) is 1.86. The summed E-state index contributed by atoms with van der Waals surface area (Å²) >= 11 is 0. The van der Waals surface area contributed by atoms with Crippen LogP contribution in [0.5, 0.6) is 0 Å². The number of hydrogen-bond donors (Lipinski definition) is 0. The van der Waals surface area contributed by atoms with Gasteiger partial charge in [-0.2, -0.15) is 0 Å². The summed E-state index contributed by atoms with van der Waals surface area (Å²) in [5.41, 5.74) is 0. The monoisotopic (exact) mass is 105 g/mol. The van der Waals surface area contributed by atoms with Crippen LogP contribution in [0.4, 0.5) is 0 Å². The molecule has 38 valence electrons. The molecule has 1 aliphatic heterocycles. The molecule has 1 saturated heterocycles. The second-order valence-corrected chi connectivity index (χ2v) is 3.28. The van der Waals surface area contributed by atoms with Crippen LogP contribution >= 0.6 is 9.39 Å². The molecule has 1 rings (SSSR count). The van der Waals surface area contributed by atoms with Gasteiger partial charge in [-0.3, -0.25) is 0 Å². The predicted molar refractivity (Wildman–Crippen MR) is 33.3 cm³/mol. The Morgan fingerprint density at radius 2 is 1.67 bits per heavy atom. The van der Waals surface area contributed by atoms with Crippen molar-refractivity contribution < 1.29 is 0 Å². The Labute approximate surface area is 41.0 Å². The standard InChI is InChI=1S/C4H12NP/c6-5-3-1-2-4-5/h1-4H2,6H4. The van der Waals surface area contributed by atoms with E-state index in [2.05, 4.69) is 4.67 Å². The summed E-state index contributed by atoms with van der Waals surface area (Å²) in [4.78, 5) is 0. The Balaban J connectivity index is 2.18. The fraction of sp³-hybridized carbons (Fsp3) is 1.00. The van der Waals surface area contributed by atoms with Crippen molar-refractivity contribution in [1.29, 1.82) is 0 Å². The number of nitrogens with zero attached hydrogens (tertiary/aromatic N) is 1. The van der Waals surface area contributed by atoms with Gasteiger partial charge in [0.05, 0.1) is 0 Å². The van der Waals surface area contributed by atoms with Gasteiger partial charge >= 0.3 is 40.0 Å². The molecule has 1 heterocycles. The molecular formula is C4H12NP. The summed E-state index contributed by atoms with van der Waals surface area (Å²) in [7, 11) is 1.29. The van der Waals surface area contributed by atoms with Crippen LogP contribution in [0.25, 0.3) is 0 Å². The van der Waals surface area contributed by atoms with E-state index in [4.69, 9.17) is 0 Å². The molecule has 0 saturated carbocycles. The van der Waals surface area contributed by atoms with Gasteiger partial charge in [-0.05, 0) is 0 Å². The van der Waals surface area contributed by atoms with Crippen LogP contribution in [-0.4, -0.2) is 17.8 Å². The van der Waals surface area contributed by atoms with E-state index in [1.807, 2.05) is 0 Å². The van der Waals surface area contributed by atoms with Gasteiger partial charge in [0.1, 0.15) is 0 Å². The van der Waals surface area contributed by atoms with Gasteiger partial charge in [-0.15, -0.1) is 0 Å². The van der Waals surface area contributed by atoms with Crippen LogP contribution in [0.3, 0.4) is 0 Å². The van der Waals surface area contributed by atoms with Crippen molar-refractivity contribution in [2.24, 2.45) is 0 Å². The fourth-order valence-corrected chi connectivity index (χ4v) is 1.51. The molecule has 0 spiro atoms. The van der Waals surface area contributed by atoms with Crippen LogP contribution in [0.1, 0.15) is 12.8 Å². The van der Waals surface area contributed by atoms with E-state index in [0.29, 0.717) is 0 Å². The Morgan fingerprint density at radius 3 is 1.83 bits per heavy atom. The first-order chi connectivity index (χ1) is 2.89. The molecule has 0 aromatic rings. The topological polar surface area (TPSA) is 3.24 Å². The summed E-state index contributed by atoms with van der Waals surface area (Å²) in [6.07, 6.45) is 2.90. The molecule has 2 heteroatoms. The molecule has 1 aliphatic rings. The van der Waals surface area contributed by atoms with E-state index in [9.17, 15) is 0 Å². The van der Waals surface area contributed by atoms with Gasteiger partial charge in [-0.25, -0.2) is 0 Å². The van der Waals surface area contributed by atoms with Crippen molar-refractivity contribution >= 4 is 9.39 Å². The third kappa shape index (κ3) is 0.924. The van der Waals surface area contributed by atoms with E-state index < -0.39 is 0 Å². The third-order valence-electron chi connectivity index (χ3n) is 1.33. The van der Waals surface area contributed by atoms with Gasteiger partial charge in [0, 0.05) is 0 Å². The second-order valence-electron chi connectivity index (χ2n) is 2.01. The van der Waals surface area contributed by atoms with Crippen LogP contribution in [0.2, 0.25) is 0 Å². The molecule has 0 N–H and O–H groups in total. The molecule has 0 bridgehead atoms. The van der Waals surface area contributed by atoms with Crippen molar-refractivity contribution in [2.45, 2.75) is 12.8 Å². The first-order valence-corrected chi connectivity index (χ1v) is 3.47. The Morgan fingerprint density at radius 1 is 1.17 bits per heavy atom. The zero-order valence-electron chi connectivity index (χ0n) is 4.28. The Hall–Kier alpha value is 0.390. The molecule has 0 aromatic heterocycles. The van der Waals surface area contributed by atoms with Crippen molar-refractivity contribution in [3.8, 4) is 0 Å². The zero-order valence-corrected chi connectivity index (χ0v) is 6.28. The van der Waals surface area contributed by atoms with E-state index in [1.54, 1.807) is 0 Å². The molecule has 6 heavy (non-hydrogen) atoms. The normalized spacial score (nSPS) is 25.7. The van der Waals surface area contributed by atoms with Gasteiger partial charge in [0.25, 0.3) is 0 Å².